The summed E-state index contributed by atoms with van der Waals surface area (Å²) in [6.45, 7) is 5.16. The summed E-state index contributed by atoms with van der Waals surface area (Å²) in [4.78, 5) is 28.1. The number of hydrogen-bond acceptors (Lipinski definition) is 7. The molecule has 38 heavy (non-hydrogen) atoms. The number of nitrogens with one attached hydrogen (secondary N) is 1. The monoisotopic (exact) mass is 513 g/mol. The molecule has 0 aliphatic heterocycles. The summed E-state index contributed by atoms with van der Waals surface area (Å²) in [7, 11) is 1.76. The second-order valence-corrected chi connectivity index (χ2v) is 8.48. The third-order valence-electron chi connectivity index (χ3n) is 5.81. The van der Waals surface area contributed by atoms with Gasteiger partial charge in [0, 0.05) is 29.4 Å². The van der Waals surface area contributed by atoms with Gasteiger partial charge in [-0.05, 0) is 42.8 Å². The molecule has 11 heteroatoms. The number of anilines is 2. The van der Waals surface area contributed by atoms with Gasteiger partial charge in [0.25, 0.3) is 5.91 Å². The van der Waals surface area contributed by atoms with E-state index in [-0.39, 0.29) is 17.4 Å². The number of carbonyl (C=O) groups excluding carboxylic acids is 1. The number of nitrogen functional groups attached to an aromatic ring is 1. The van der Waals surface area contributed by atoms with Crippen molar-refractivity contribution in [1.82, 2.24) is 24.5 Å². The van der Waals surface area contributed by atoms with Crippen LogP contribution in [-0.2, 0) is 11.8 Å². The molecule has 3 heterocycles. The molecule has 0 spiro atoms. The zero-order valence-corrected chi connectivity index (χ0v) is 20.4. The molecule has 0 radical (unpaired) electrons. The summed E-state index contributed by atoms with van der Waals surface area (Å²) in [5.41, 5.74) is 9.46. The number of fused-ring (bicyclic) bond motifs is 1. The number of ether oxygens (including phenoxy) is 1. The van der Waals surface area contributed by atoms with Gasteiger partial charge in [0.1, 0.15) is 29.4 Å². The quantitative estimate of drug-likeness (QED) is 0.297. The van der Waals surface area contributed by atoms with Crippen LogP contribution in [0.1, 0.15) is 6.92 Å². The molecule has 0 saturated carbocycles. The molecular weight excluding hydrogens is 492 g/mol. The van der Waals surface area contributed by atoms with Crippen LogP contribution in [0.15, 0.2) is 73.3 Å². The largest absolute Gasteiger partial charge is 0.424 e. The fourth-order valence-corrected chi connectivity index (χ4v) is 4.04. The van der Waals surface area contributed by atoms with E-state index in [2.05, 4.69) is 31.8 Å². The van der Waals surface area contributed by atoms with E-state index in [0.29, 0.717) is 44.9 Å². The maximum absolute atomic E-state index is 15.5. The molecule has 0 atom stereocenters. The van der Waals surface area contributed by atoms with Crippen molar-refractivity contribution in [1.29, 1.82) is 0 Å². The van der Waals surface area contributed by atoms with Gasteiger partial charge in [-0.25, -0.2) is 28.7 Å². The second kappa shape index (κ2) is 9.69. The lowest BCUT2D eigenvalue weighted by Crippen LogP contribution is -2.12. The normalized spacial score (nSPS) is 10.9. The highest BCUT2D eigenvalue weighted by Gasteiger charge is 2.24. The minimum absolute atomic E-state index is 0.0106. The van der Waals surface area contributed by atoms with Crippen molar-refractivity contribution in [3.8, 4) is 34.1 Å². The van der Waals surface area contributed by atoms with Crippen LogP contribution in [0.2, 0.25) is 0 Å². The van der Waals surface area contributed by atoms with Crippen LogP contribution in [0.3, 0.4) is 0 Å². The zero-order valence-electron chi connectivity index (χ0n) is 20.4. The molecule has 1 amide bonds. The van der Waals surface area contributed by atoms with Gasteiger partial charge in [0.05, 0.1) is 23.5 Å². The lowest BCUT2D eigenvalue weighted by molar-refractivity contribution is -0.112. The Morgan fingerprint density at radius 1 is 1.05 bits per heavy atom. The van der Waals surface area contributed by atoms with Crippen molar-refractivity contribution in [3.05, 3.63) is 85.0 Å². The van der Waals surface area contributed by atoms with Crippen molar-refractivity contribution in [2.24, 2.45) is 7.05 Å². The summed E-state index contributed by atoms with van der Waals surface area (Å²) >= 11 is 0. The molecule has 9 nitrogen and oxygen atoms in total. The first kappa shape index (κ1) is 24.5. The van der Waals surface area contributed by atoms with Crippen LogP contribution in [0.25, 0.3) is 33.4 Å². The average Bonchev–Trinajstić information content (AvgIpc) is 3.19. The topological polar surface area (TPSA) is 121 Å². The summed E-state index contributed by atoms with van der Waals surface area (Å²) < 4.78 is 35.9. The molecule has 0 aliphatic rings. The number of halogens is 2. The number of amides is 1. The van der Waals surface area contributed by atoms with E-state index in [0.717, 1.165) is 12.4 Å². The molecule has 0 bridgehead atoms. The van der Waals surface area contributed by atoms with Gasteiger partial charge in [0.2, 0.25) is 0 Å². The van der Waals surface area contributed by atoms with Crippen molar-refractivity contribution < 1.29 is 18.3 Å². The Hall–Kier alpha value is -5.19. The Balaban J connectivity index is 1.61. The lowest BCUT2D eigenvalue weighted by atomic mass is 9.98. The molecular formula is C27H21F2N7O2. The predicted molar refractivity (Wildman–Crippen MR) is 139 cm³/mol. The second-order valence-electron chi connectivity index (χ2n) is 8.48. The molecule has 5 aromatic rings. The molecule has 3 N–H and O–H groups in total. The fraction of sp³-hybridized carbons (Fsp3) is 0.0741. The molecule has 0 saturated heterocycles. The SMILES string of the molecule is C=C(C)C(=O)Nc1ccc(-c2c(-c3ccc(Oc4ncc(F)cn4)cc3)c3c(N)ncnc3n2C)c(F)c1. The third-order valence-corrected chi connectivity index (χ3v) is 5.81. The van der Waals surface area contributed by atoms with Gasteiger partial charge in [0.15, 0.2) is 5.82 Å². The number of carbonyl (C=O) groups is 1. The third kappa shape index (κ3) is 4.52. The van der Waals surface area contributed by atoms with Gasteiger partial charge < -0.3 is 20.4 Å². The summed E-state index contributed by atoms with van der Waals surface area (Å²) in [5.74, 6) is -0.891. The molecule has 0 aliphatic carbocycles. The number of rotatable bonds is 6. The number of nitrogens with two attached hydrogens (primary N) is 1. The van der Waals surface area contributed by atoms with Crippen LogP contribution in [0.4, 0.5) is 20.3 Å². The minimum Gasteiger partial charge on any atom is -0.424 e. The molecule has 5 rings (SSSR count). The van der Waals surface area contributed by atoms with Gasteiger partial charge in [-0.15, -0.1) is 0 Å². The van der Waals surface area contributed by atoms with Crippen LogP contribution < -0.4 is 15.8 Å². The number of hydrogen-bond donors (Lipinski definition) is 2. The van der Waals surface area contributed by atoms with Crippen molar-refractivity contribution in [2.45, 2.75) is 6.92 Å². The van der Waals surface area contributed by atoms with Crippen LogP contribution in [0.5, 0.6) is 11.8 Å². The highest BCUT2D eigenvalue weighted by atomic mass is 19.1. The Morgan fingerprint density at radius 2 is 1.76 bits per heavy atom. The van der Waals surface area contributed by atoms with E-state index in [1.807, 2.05) is 0 Å². The summed E-state index contributed by atoms with van der Waals surface area (Å²) in [5, 5.41) is 3.17. The first-order valence-corrected chi connectivity index (χ1v) is 11.3. The van der Waals surface area contributed by atoms with Crippen molar-refractivity contribution >= 4 is 28.4 Å². The van der Waals surface area contributed by atoms with E-state index in [9.17, 15) is 9.18 Å². The highest BCUT2D eigenvalue weighted by Crippen LogP contribution is 2.43. The first-order chi connectivity index (χ1) is 18.2. The van der Waals surface area contributed by atoms with E-state index >= 15 is 4.39 Å². The van der Waals surface area contributed by atoms with Crippen molar-refractivity contribution in [2.75, 3.05) is 11.1 Å². The molecule has 0 fully saturated rings. The van der Waals surface area contributed by atoms with Gasteiger partial charge in [-0.2, -0.15) is 0 Å². The minimum atomic E-state index is -0.575. The summed E-state index contributed by atoms with van der Waals surface area (Å²) in [6, 6.07) is 11.3. The Morgan fingerprint density at radius 3 is 2.42 bits per heavy atom. The predicted octanol–water partition coefficient (Wildman–Crippen LogP) is 5.26. The number of nitrogens with zero attached hydrogens (tertiary/aromatic N) is 5. The standard InChI is InChI=1S/C27H21F2N7O2/c1-14(2)26(37)35-17-6-9-19(20(29)10-17)23-21(22-24(30)33-13-34-25(22)36(23)3)15-4-7-18(8-5-15)38-27-31-11-16(28)12-32-27/h4-13H,1H2,2-3H3,(H,35,37)(H2,30,33,34). The zero-order chi connectivity index (χ0) is 27.0. The maximum Gasteiger partial charge on any atom is 0.322 e. The lowest BCUT2D eigenvalue weighted by Gasteiger charge is -2.12. The van der Waals surface area contributed by atoms with E-state index < -0.39 is 17.5 Å². The number of benzene rings is 2. The van der Waals surface area contributed by atoms with Crippen LogP contribution >= 0.6 is 0 Å². The Kier molecular flexibility index (Phi) is 6.25. The first-order valence-electron chi connectivity index (χ1n) is 11.3. The van der Waals surface area contributed by atoms with E-state index in [4.69, 9.17) is 10.5 Å². The van der Waals surface area contributed by atoms with Crippen LogP contribution in [-0.4, -0.2) is 30.4 Å². The molecule has 190 valence electrons. The average molecular weight is 514 g/mol. The molecule has 3 aromatic heterocycles. The summed E-state index contributed by atoms with van der Waals surface area (Å²) in [6.07, 6.45) is 3.36. The molecule has 0 unspecified atom stereocenters. The van der Waals surface area contributed by atoms with E-state index in [1.54, 1.807) is 54.9 Å². The fourth-order valence-electron chi connectivity index (χ4n) is 4.04. The number of aromatic nitrogens is 5. The highest BCUT2D eigenvalue weighted by molar-refractivity contribution is 6.08. The van der Waals surface area contributed by atoms with E-state index in [1.165, 1.54) is 12.4 Å². The Bertz CT molecular complexity index is 1700. The maximum atomic E-state index is 15.5. The van der Waals surface area contributed by atoms with Crippen molar-refractivity contribution in [3.63, 3.8) is 0 Å². The molecule has 2 aromatic carbocycles. The van der Waals surface area contributed by atoms with Gasteiger partial charge >= 0.3 is 6.01 Å². The van der Waals surface area contributed by atoms with Crippen LogP contribution in [0, 0.1) is 11.6 Å². The van der Waals surface area contributed by atoms with Gasteiger partial charge in [-0.3, -0.25) is 4.79 Å². The number of aryl methyl sites for hydroxylation is 1. The smallest absolute Gasteiger partial charge is 0.322 e. The Labute approximate surface area is 215 Å². The van der Waals surface area contributed by atoms with Gasteiger partial charge in [-0.1, -0.05) is 18.7 Å².